The Morgan fingerprint density at radius 3 is 2.79 bits per heavy atom. The molecule has 2 aromatic rings. The molecule has 1 saturated heterocycles. The third-order valence-corrected chi connectivity index (χ3v) is 4.96. The third kappa shape index (κ3) is 3.77. The van der Waals surface area contributed by atoms with Crippen molar-refractivity contribution < 1.29 is 14.2 Å². The van der Waals surface area contributed by atoms with Crippen LogP contribution in [-0.2, 0) is 4.74 Å². The molecule has 2 radical (unpaired) electrons. The highest BCUT2D eigenvalue weighted by molar-refractivity contribution is 6.38. The molecule has 1 N–H and O–H groups in total. The van der Waals surface area contributed by atoms with Crippen LogP contribution in [0.2, 0.25) is 5.02 Å². The molecular formula is C18H18BClFN5O2. The lowest BCUT2D eigenvalue weighted by molar-refractivity contribution is 0.122. The van der Waals surface area contributed by atoms with Crippen LogP contribution in [-0.4, -0.2) is 61.5 Å². The second-order valence-corrected chi connectivity index (χ2v) is 7.02. The van der Waals surface area contributed by atoms with Gasteiger partial charge in [-0.3, -0.25) is 0 Å². The molecule has 1 aromatic carbocycles. The highest BCUT2D eigenvalue weighted by atomic mass is 35.5. The Morgan fingerprint density at radius 1 is 1.21 bits per heavy atom. The summed E-state index contributed by atoms with van der Waals surface area (Å²) < 4.78 is 19.6. The van der Waals surface area contributed by atoms with Crippen molar-refractivity contribution in [2.24, 2.45) is 5.10 Å². The Morgan fingerprint density at radius 2 is 2.00 bits per heavy atom. The summed E-state index contributed by atoms with van der Waals surface area (Å²) >= 11 is 6.04. The van der Waals surface area contributed by atoms with Crippen LogP contribution >= 0.6 is 11.6 Å². The average Bonchev–Trinajstić information content (AvgIpc) is 2.72. The van der Waals surface area contributed by atoms with Crippen molar-refractivity contribution in [1.29, 1.82) is 0 Å². The zero-order valence-corrected chi connectivity index (χ0v) is 15.9. The maximum Gasteiger partial charge on any atom is 0.248 e. The number of hydrazone groups is 1. The number of halogens is 2. The van der Waals surface area contributed by atoms with E-state index in [-0.39, 0.29) is 16.6 Å². The topological polar surface area (TPSA) is 74.1 Å². The number of aromatic nitrogens is 2. The van der Waals surface area contributed by atoms with E-state index in [0.717, 1.165) is 12.6 Å². The summed E-state index contributed by atoms with van der Waals surface area (Å²) in [5.41, 5.74) is 1.54. The van der Waals surface area contributed by atoms with Gasteiger partial charge in [0.05, 0.1) is 30.1 Å². The lowest BCUT2D eigenvalue weighted by Gasteiger charge is -2.29. The van der Waals surface area contributed by atoms with Gasteiger partial charge < -0.3 is 14.7 Å². The quantitative estimate of drug-likeness (QED) is 0.788. The predicted octanol–water partition coefficient (Wildman–Crippen LogP) is 1.61. The molecule has 7 nitrogen and oxygen atoms in total. The number of aromatic hydroxyl groups is 1. The number of morpholine rings is 1. The van der Waals surface area contributed by atoms with Gasteiger partial charge in [0.15, 0.2) is 11.6 Å². The second-order valence-electron chi connectivity index (χ2n) is 6.61. The minimum Gasteiger partial charge on any atom is -0.506 e. The molecule has 0 spiro atoms. The molecule has 0 amide bonds. The first kappa shape index (κ1) is 19.0. The van der Waals surface area contributed by atoms with Gasteiger partial charge in [-0.1, -0.05) is 23.1 Å². The monoisotopic (exact) mass is 401 g/mol. The van der Waals surface area contributed by atoms with Crippen molar-refractivity contribution in [3.8, 4) is 5.75 Å². The SMILES string of the molecule is [B]c1cc(Cl)c(O)c(C2=NN(c3ncc(F)c(N4CCOCC4)n3)CCC2)c1. The van der Waals surface area contributed by atoms with Gasteiger partial charge >= 0.3 is 0 Å². The number of phenols is 1. The van der Waals surface area contributed by atoms with Gasteiger partial charge in [0.1, 0.15) is 13.6 Å². The van der Waals surface area contributed by atoms with Gasteiger partial charge in [0.25, 0.3) is 0 Å². The summed E-state index contributed by atoms with van der Waals surface area (Å²) in [5, 5.41) is 16.6. The van der Waals surface area contributed by atoms with Crippen molar-refractivity contribution in [3.63, 3.8) is 0 Å². The Labute approximate surface area is 168 Å². The van der Waals surface area contributed by atoms with Crippen LogP contribution < -0.4 is 15.4 Å². The lowest BCUT2D eigenvalue weighted by atomic mass is 9.91. The standard InChI is InChI=1S/C18H18BClFN5O2/c19-11-8-12(16(27)13(20)9-11)15-2-1-3-26(24-15)18-22-10-14(21)17(23-18)25-4-6-28-7-5-25/h8-10,27H,1-7H2. The van der Waals surface area contributed by atoms with Gasteiger partial charge in [-0.05, 0) is 18.9 Å². The van der Waals surface area contributed by atoms with Crippen LogP contribution in [0.3, 0.4) is 0 Å². The molecule has 3 heterocycles. The van der Waals surface area contributed by atoms with E-state index in [9.17, 15) is 9.50 Å². The van der Waals surface area contributed by atoms with E-state index in [2.05, 4.69) is 15.1 Å². The van der Waals surface area contributed by atoms with Crippen molar-refractivity contribution in [2.45, 2.75) is 12.8 Å². The van der Waals surface area contributed by atoms with Crippen LogP contribution in [0.15, 0.2) is 23.4 Å². The molecule has 4 rings (SSSR count). The molecule has 0 atom stereocenters. The van der Waals surface area contributed by atoms with Crippen LogP contribution in [0, 0.1) is 5.82 Å². The first-order valence-electron chi connectivity index (χ1n) is 9.01. The van der Waals surface area contributed by atoms with Crippen LogP contribution in [0.4, 0.5) is 16.2 Å². The molecule has 1 aromatic heterocycles. The van der Waals surface area contributed by atoms with E-state index >= 15 is 0 Å². The van der Waals surface area contributed by atoms with E-state index in [4.69, 9.17) is 24.2 Å². The Kier molecular flexibility index (Phi) is 5.37. The van der Waals surface area contributed by atoms with E-state index in [1.807, 2.05) is 4.90 Å². The number of rotatable bonds is 3. The molecule has 10 heteroatoms. The van der Waals surface area contributed by atoms with Crippen molar-refractivity contribution in [2.75, 3.05) is 42.8 Å². The summed E-state index contributed by atoms with van der Waals surface area (Å²) in [4.78, 5) is 10.3. The Bertz CT molecular complexity index is 923. The van der Waals surface area contributed by atoms with Crippen molar-refractivity contribution in [3.05, 3.63) is 34.7 Å². The number of hydrogen-bond acceptors (Lipinski definition) is 7. The van der Waals surface area contributed by atoms with Gasteiger partial charge in [0.2, 0.25) is 5.95 Å². The van der Waals surface area contributed by atoms with Crippen LogP contribution in [0.1, 0.15) is 18.4 Å². The third-order valence-electron chi connectivity index (χ3n) is 4.68. The van der Waals surface area contributed by atoms with Gasteiger partial charge in [-0.15, -0.1) is 0 Å². The molecular weight excluding hydrogens is 383 g/mol. The number of phenolic OH excluding ortho intramolecular Hbond substituents is 1. The van der Waals surface area contributed by atoms with Gasteiger partial charge in [-0.2, -0.15) is 10.1 Å². The molecule has 144 valence electrons. The summed E-state index contributed by atoms with van der Waals surface area (Å²) in [6, 6.07) is 3.12. The van der Waals surface area contributed by atoms with E-state index < -0.39 is 5.82 Å². The Hall–Kier alpha value is -2.39. The van der Waals surface area contributed by atoms with Crippen molar-refractivity contribution in [1.82, 2.24) is 9.97 Å². The van der Waals surface area contributed by atoms with Gasteiger partial charge in [0, 0.05) is 25.2 Å². The zero-order valence-electron chi connectivity index (χ0n) is 15.1. The first-order chi connectivity index (χ1) is 13.5. The highest BCUT2D eigenvalue weighted by Gasteiger charge is 2.23. The van der Waals surface area contributed by atoms with E-state index in [1.165, 1.54) is 6.07 Å². The van der Waals surface area contributed by atoms with Crippen LogP contribution in [0.5, 0.6) is 5.75 Å². The maximum absolute atomic E-state index is 14.3. The van der Waals surface area contributed by atoms with Gasteiger partial charge in [-0.25, -0.2) is 14.4 Å². The minimum atomic E-state index is -0.480. The van der Waals surface area contributed by atoms with Crippen molar-refractivity contribution >= 4 is 42.4 Å². The fourth-order valence-corrected chi connectivity index (χ4v) is 3.51. The normalized spacial score (nSPS) is 17.6. The summed E-state index contributed by atoms with van der Waals surface area (Å²) in [7, 11) is 5.85. The smallest absolute Gasteiger partial charge is 0.248 e. The summed E-state index contributed by atoms with van der Waals surface area (Å²) in [6.45, 7) is 2.77. The molecule has 1 fully saturated rings. The molecule has 2 aliphatic heterocycles. The number of hydrogen-bond donors (Lipinski definition) is 1. The molecule has 0 unspecified atom stereocenters. The molecule has 0 aliphatic carbocycles. The van der Waals surface area contributed by atoms with Crippen LogP contribution in [0.25, 0.3) is 0 Å². The maximum atomic E-state index is 14.3. The van der Waals surface area contributed by atoms with E-state index in [0.29, 0.717) is 62.0 Å². The summed E-state index contributed by atoms with van der Waals surface area (Å²) in [6.07, 6.45) is 2.56. The average molecular weight is 402 g/mol. The fraction of sp³-hybridized carbons (Fsp3) is 0.389. The number of benzene rings is 1. The van der Waals surface area contributed by atoms with E-state index in [1.54, 1.807) is 11.1 Å². The minimum absolute atomic E-state index is 0.0644. The summed E-state index contributed by atoms with van der Waals surface area (Å²) in [5.74, 6) is -0.00216. The molecule has 2 aliphatic rings. The largest absolute Gasteiger partial charge is 0.506 e. The number of ether oxygens (including phenoxy) is 1. The fourth-order valence-electron chi connectivity index (χ4n) is 3.29. The molecule has 0 bridgehead atoms. The lowest BCUT2D eigenvalue weighted by Crippen LogP contribution is -2.38. The highest BCUT2D eigenvalue weighted by Crippen LogP contribution is 2.30. The second kappa shape index (κ2) is 7.93. The predicted molar refractivity (Wildman–Crippen MR) is 107 cm³/mol. The Balaban J connectivity index is 1.67. The molecule has 0 saturated carbocycles. The first-order valence-corrected chi connectivity index (χ1v) is 9.39. The number of anilines is 2. The zero-order chi connectivity index (χ0) is 19.7. The number of nitrogens with zero attached hydrogens (tertiary/aromatic N) is 5. The molecule has 28 heavy (non-hydrogen) atoms.